The SMILES string of the molecule is N.O=CF. The highest BCUT2D eigenvalue weighted by Crippen LogP contribution is 1.27. The smallest absolute Gasteiger partial charge is 0.289 e. The van der Waals surface area contributed by atoms with Gasteiger partial charge in [-0.15, -0.1) is 0 Å². The Morgan fingerprint density at radius 3 is 1.75 bits per heavy atom. The fourth-order valence-electron chi connectivity index (χ4n) is 0. The molecule has 2 nitrogen and oxygen atoms in total. The highest BCUT2D eigenvalue weighted by Gasteiger charge is 1.29. The Labute approximate surface area is 23.2 Å². The van der Waals surface area contributed by atoms with E-state index in [0.717, 1.165) is 0 Å². The van der Waals surface area contributed by atoms with Gasteiger partial charge in [0.2, 0.25) is 0 Å². The first-order chi connectivity index (χ1) is 1.41. The van der Waals surface area contributed by atoms with E-state index in [9.17, 15) is 4.39 Å². The van der Waals surface area contributed by atoms with Gasteiger partial charge in [0.25, 0.3) is 6.54 Å². The van der Waals surface area contributed by atoms with Crippen LogP contribution in [0.4, 0.5) is 4.39 Å². The molecule has 3 N–H and O–H groups in total. The third-order valence-electron chi connectivity index (χ3n) is 0. The van der Waals surface area contributed by atoms with Crippen molar-refractivity contribution in [3.05, 3.63) is 0 Å². The van der Waals surface area contributed by atoms with E-state index in [1.165, 1.54) is 0 Å². The Bertz CT molecular complexity index is 15.5. The molecule has 0 bridgehead atoms. The van der Waals surface area contributed by atoms with Crippen molar-refractivity contribution in [1.82, 2.24) is 6.15 Å². The van der Waals surface area contributed by atoms with Crippen LogP contribution in [-0.2, 0) is 4.79 Å². The van der Waals surface area contributed by atoms with Crippen molar-refractivity contribution in [3.63, 3.8) is 0 Å². The molecule has 0 saturated heterocycles. The molecule has 0 aromatic heterocycles. The monoisotopic (exact) mass is 65.0 g/mol. The van der Waals surface area contributed by atoms with Gasteiger partial charge in [0.05, 0.1) is 0 Å². The molecule has 0 aliphatic rings. The van der Waals surface area contributed by atoms with Crippen LogP contribution < -0.4 is 6.15 Å². The summed E-state index contributed by atoms with van der Waals surface area (Å²) in [5.41, 5.74) is 0. The molecule has 4 heavy (non-hydrogen) atoms. The largest absolute Gasteiger partial charge is 0.344 e. The molecule has 0 saturated carbocycles. The molecule has 0 radical (unpaired) electrons. The van der Waals surface area contributed by atoms with E-state index in [1.807, 2.05) is 0 Å². The third kappa shape index (κ3) is 2.53. The highest BCUT2D eigenvalue weighted by atomic mass is 19.1. The van der Waals surface area contributed by atoms with Crippen molar-refractivity contribution in [1.29, 1.82) is 0 Å². The molecule has 0 spiro atoms. The van der Waals surface area contributed by atoms with Crippen LogP contribution in [0.25, 0.3) is 0 Å². The molecular formula is CH4FNO. The fraction of sp³-hybridized carbons (Fsp3) is 0. The maximum absolute atomic E-state index is 9.61. The zero-order valence-corrected chi connectivity index (χ0v) is 2.07. The molecule has 3 heteroatoms. The molecule has 0 aromatic rings. The van der Waals surface area contributed by atoms with Gasteiger partial charge in [0.15, 0.2) is 0 Å². The second-order valence-corrected chi connectivity index (χ2v) is 0.0891. The second-order valence-electron chi connectivity index (χ2n) is 0.0891. The van der Waals surface area contributed by atoms with Crippen LogP contribution in [0.5, 0.6) is 0 Å². The standard InChI is InChI=1S/CHFO.H3N/c2-1-3;/h1H;1H3. The predicted octanol–water partition coefficient (Wildman–Crippen LogP) is 0.308. The van der Waals surface area contributed by atoms with Crippen molar-refractivity contribution in [3.8, 4) is 0 Å². The molecule has 0 amide bonds. The molecule has 0 rings (SSSR count). The van der Waals surface area contributed by atoms with Crippen molar-refractivity contribution in [2.24, 2.45) is 0 Å². The second kappa shape index (κ2) is 19.9. The van der Waals surface area contributed by atoms with E-state index in [2.05, 4.69) is 0 Å². The number of carbonyl (C=O) groups is 1. The molecule has 0 fully saturated rings. The van der Waals surface area contributed by atoms with E-state index in [-0.39, 0.29) is 6.15 Å². The minimum Gasteiger partial charge on any atom is -0.344 e. The van der Waals surface area contributed by atoms with Crippen molar-refractivity contribution >= 4 is 6.54 Å². The van der Waals surface area contributed by atoms with Gasteiger partial charge in [-0.1, -0.05) is 0 Å². The van der Waals surface area contributed by atoms with E-state index < -0.39 is 6.54 Å². The number of halogens is 1. The first-order valence-corrected chi connectivity index (χ1v) is 0.454. The Morgan fingerprint density at radius 1 is 1.75 bits per heavy atom. The van der Waals surface area contributed by atoms with Gasteiger partial charge in [0, 0.05) is 0 Å². The number of hydrogen-bond acceptors (Lipinski definition) is 2. The Hall–Kier alpha value is -0.440. The lowest BCUT2D eigenvalue weighted by Crippen LogP contribution is -1.29. The summed E-state index contributed by atoms with van der Waals surface area (Å²) in [6, 6.07) is 0. The molecular weight excluding hydrogens is 61.0 g/mol. The number of rotatable bonds is 0. The summed E-state index contributed by atoms with van der Waals surface area (Å²) in [6.07, 6.45) is 0. The minimum absolute atomic E-state index is 0. The topological polar surface area (TPSA) is 52.1 Å². The third-order valence-corrected chi connectivity index (χ3v) is 0. The first-order valence-electron chi connectivity index (χ1n) is 0.454. The summed E-state index contributed by atoms with van der Waals surface area (Å²) < 4.78 is 9.61. The number of hydrogen-bond donors (Lipinski definition) is 1. The van der Waals surface area contributed by atoms with Crippen LogP contribution in [-0.4, -0.2) is 6.54 Å². The van der Waals surface area contributed by atoms with Crippen LogP contribution in [0.15, 0.2) is 0 Å². The van der Waals surface area contributed by atoms with Crippen molar-refractivity contribution in [2.75, 3.05) is 0 Å². The Balaban J connectivity index is 0. The van der Waals surface area contributed by atoms with E-state index in [1.54, 1.807) is 0 Å². The van der Waals surface area contributed by atoms with Crippen molar-refractivity contribution in [2.45, 2.75) is 0 Å². The lowest BCUT2D eigenvalue weighted by molar-refractivity contribution is 0.510. The molecule has 0 unspecified atom stereocenters. The summed E-state index contributed by atoms with van der Waals surface area (Å²) in [7, 11) is 0. The molecule has 0 aliphatic carbocycles. The zero-order valence-electron chi connectivity index (χ0n) is 2.07. The summed E-state index contributed by atoms with van der Waals surface area (Å²) in [5.74, 6) is 0. The van der Waals surface area contributed by atoms with E-state index >= 15 is 0 Å². The van der Waals surface area contributed by atoms with E-state index in [0.29, 0.717) is 0 Å². The normalized spacial score (nSPS) is 3.25. The molecule has 0 aliphatic heterocycles. The van der Waals surface area contributed by atoms with Crippen LogP contribution in [0, 0.1) is 0 Å². The van der Waals surface area contributed by atoms with Crippen LogP contribution in [0.2, 0.25) is 0 Å². The molecule has 0 aromatic carbocycles. The van der Waals surface area contributed by atoms with Gasteiger partial charge in [-0.25, -0.2) is 0 Å². The van der Waals surface area contributed by atoms with Gasteiger partial charge in [-0.3, -0.25) is 4.79 Å². The highest BCUT2D eigenvalue weighted by molar-refractivity contribution is 5.35. The Morgan fingerprint density at radius 2 is 1.75 bits per heavy atom. The van der Waals surface area contributed by atoms with Crippen LogP contribution in [0.1, 0.15) is 0 Å². The molecule has 0 heterocycles. The van der Waals surface area contributed by atoms with E-state index in [4.69, 9.17) is 4.79 Å². The minimum atomic E-state index is -0.750. The maximum atomic E-state index is 9.61. The average Bonchev–Trinajstić information content (AvgIpc) is 0.918. The average molecular weight is 65.0 g/mol. The predicted molar refractivity (Wildman–Crippen MR) is 12.9 cm³/mol. The lowest BCUT2D eigenvalue weighted by atomic mass is 11.8. The van der Waals surface area contributed by atoms with Gasteiger partial charge in [-0.2, -0.15) is 4.39 Å². The maximum Gasteiger partial charge on any atom is 0.289 e. The summed E-state index contributed by atoms with van der Waals surface area (Å²) >= 11 is 0. The Kier molecular flexibility index (Phi) is 47.6. The zero-order chi connectivity index (χ0) is 2.71. The van der Waals surface area contributed by atoms with Gasteiger partial charge >= 0.3 is 0 Å². The van der Waals surface area contributed by atoms with Gasteiger partial charge < -0.3 is 6.15 Å². The number of carbonyl (C=O) groups excluding carboxylic acids is 1. The quantitative estimate of drug-likeness (QED) is 0.326. The lowest BCUT2D eigenvalue weighted by Gasteiger charge is -1.21. The van der Waals surface area contributed by atoms with Crippen molar-refractivity contribution < 1.29 is 9.18 Å². The first kappa shape index (κ1) is 9.59. The summed E-state index contributed by atoms with van der Waals surface area (Å²) in [6.45, 7) is -0.750. The van der Waals surface area contributed by atoms with Crippen LogP contribution in [0.3, 0.4) is 0 Å². The molecule has 0 atom stereocenters. The van der Waals surface area contributed by atoms with Crippen LogP contribution >= 0.6 is 0 Å². The fourth-order valence-corrected chi connectivity index (χ4v) is 0. The summed E-state index contributed by atoms with van der Waals surface area (Å²) in [4.78, 5) is 8.14. The van der Waals surface area contributed by atoms with Gasteiger partial charge in [0.1, 0.15) is 0 Å². The summed E-state index contributed by atoms with van der Waals surface area (Å²) in [5, 5.41) is 0. The molecule has 26 valence electrons. The van der Waals surface area contributed by atoms with Gasteiger partial charge in [-0.05, 0) is 0 Å².